The summed E-state index contributed by atoms with van der Waals surface area (Å²) in [5.74, 6) is -0.261. The predicted molar refractivity (Wildman–Crippen MR) is 114 cm³/mol. The first kappa shape index (κ1) is 20.4. The topological polar surface area (TPSA) is 49.8 Å². The van der Waals surface area contributed by atoms with Crippen LogP contribution in [0.2, 0.25) is 0 Å². The highest BCUT2D eigenvalue weighted by Crippen LogP contribution is 2.48. The first-order valence-corrected chi connectivity index (χ1v) is 10.8. The molecule has 4 nitrogen and oxygen atoms in total. The number of methoxy groups -OCH3 is 1. The second kappa shape index (κ2) is 7.73. The van der Waals surface area contributed by atoms with Gasteiger partial charge in [-0.1, -0.05) is 49.8 Å². The lowest BCUT2D eigenvalue weighted by molar-refractivity contribution is -0.136. The number of fused-ring (bicyclic) bond motifs is 1. The van der Waals surface area contributed by atoms with E-state index in [0.29, 0.717) is 18.5 Å². The maximum absolute atomic E-state index is 12.3. The third kappa shape index (κ3) is 3.57. The Hall–Kier alpha value is -1.91. The summed E-state index contributed by atoms with van der Waals surface area (Å²) in [4.78, 5) is 14.7. The molecule has 0 unspecified atom stereocenters. The van der Waals surface area contributed by atoms with Gasteiger partial charge in [0.1, 0.15) is 0 Å². The van der Waals surface area contributed by atoms with E-state index in [1.165, 1.54) is 42.2 Å². The molecule has 0 spiro atoms. The summed E-state index contributed by atoms with van der Waals surface area (Å²) in [5, 5.41) is 11.1. The first-order valence-electron chi connectivity index (χ1n) is 10.8. The van der Waals surface area contributed by atoms with E-state index in [-0.39, 0.29) is 23.5 Å². The fourth-order valence-corrected chi connectivity index (χ4v) is 5.95. The van der Waals surface area contributed by atoms with E-state index in [2.05, 4.69) is 49.9 Å². The van der Waals surface area contributed by atoms with Crippen molar-refractivity contribution in [3.05, 3.63) is 58.2 Å². The summed E-state index contributed by atoms with van der Waals surface area (Å²) < 4.78 is 5.03. The van der Waals surface area contributed by atoms with Gasteiger partial charge in [0.15, 0.2) is 0 Å². The van der Waals surface area contributed by atoms with Crippen LogP contribution in [0.1, 0.15) is 63.6 Å². The number of benzene rings is 1. The predicted octanol–water partition coefficient (Wildman–Crippen LogP) is 4.35. The van der Waals surface area contributed by atoms with Gasteiger partial charge in [0.25, 0.3) is 0 Å². The van der Waals surface area contributed by atoms with Crippen LogP contribution in [0.4, 0.5) is 0 Å². The Morgan fingerprint density at radius 1 is 1.28 bits per heavy atom. The Bertz CT molecular complexity index is 867. The van der Waals surface area contributed by atoms with Gasteiger partial charge in [-0.3, -0.25) is 4.90 Å². The summed E-state index contributed by atoms with van der Waals surface area (Å²) in [6.07, 6.45) is 6.61. The average molecular weight is 396 g/mol. The summed E-state index contributed by atoms with van der Waals surface area (Å²) in [7, 11) is 1.44. The van der Waals surface area contributed by atoms with E-state index in [9.17, 15) is 9.90 Å². The molecule has 1 N–H and O–H groups in total. The van der Waals surface area contributed by atoms with Crippen molar-refractivity contribution in [3.8, 4) is 0 Å². The summed E-state index contributed by atoms with van der Waals surface area (Å²) in [5.41, 5.74) is 6.22. The van der Waals surface area contributed by atoms with E-state index < -0.39 is 6.10 Å². The molecule has 29 heavy (non-hydrogen) atoms. The van der Waals surface area contributed by atoms with Crippen LogP contribution in [0.3, 0.4) is 0 Å². The number of esters is 1. The van der Waals surface area contributed by atoms with Crippen LogP contribution in [0.25, 0.3) is 0 Å². The Morgan fingerprint density at radius 2 is 2.03 bits per heavy atom. The minimum Gasteiger partial charge on any atom is -0.466 e. The largest absolute Gasteiger partial charge is 0.466 e. The Balaban J connectivity index is 1.79. The normalized spacial score (nSPS) is 29.4. The Labute approximate surface area is 174 Å². The second-order valence-corrected chi connectivity index (χ2v) is 9.49. The number of allylic oxidation sites excluding steroid dienone is 1. The molecule has 4 heteroatoms. The standard InChI is InChI=1S/C25H33NO3/c1-16-8-7-13-25(2,3)22(16)20-12-11-18(24(28)29-4)15-26(20)23-19-10-6-5-9-17(19)14-21(23)27/h5-6,9-11,20-21,23,27H,7-8,12-15H2,1-4H3/t20-,21+,23-/m0/s1. The minimum atomic E-state index is -0.459. The molecule has 1 aromatic rings. The zero-order chi connectivity index (χ0) is 20.8. The number of rotatable bonds is 3. The molecule has 1 heterocycles. The third-order valence-corrected chi connectivity index (χ3v) is 7.19. The lowest BCUT2D eigenvalue weighted by Crippen LogP contribution is -2.49. The van der Waals surface area contributed by atoms with Crippen LogP contribution in [-0.2, 0) is 16.0 Å². The van der Waals surface area contributed by atoms with E-state index in [1.54, 1.807) is 0 Å². The smallest absolute Gasteiger partial charge is 0.334 e. The van der Waals surface area contributed by atoms with Crippen molar-refractivity contribution in [1.29, 1.82) is 0 Å². The van der Waals surface area contributed by atoms with Crippen molar-refractivity contribution in [2.75, 3.05) is 13.7 Å². The quantitative estimate of drug-likeness (QED) is 0.611. The number of nitrogens with zero attached hydrogens (tertiary/aromatic N) is 1. The average Bonchev–Trinajstić information content (AvgIpc) is 3.02. The first-order chi connectivity index (χ1) is 13.8. The molecule has 4 rings (SSSR count). The molecule has 0 aromatic heterocycles. The molecule has 0 radical (unpaired) electrons. The van der Waals surface area contributed by atoms with E-state index >= 15 is 0 Å². The number of hydrogen-bond donors (Lipinski definition) is 1. The molecule has 3 aliphatic rings. The molecule has 3 atom stereocenters. The van der Waals surface area contributed by atoms with E-state index in [0.717, 1.165) is 12.8 Å². The zero-order valence-electron chi connectivity index (χ0n) is 18.1. The highest BCUT2D eigenvalue weighted by Gasteiger charge is 2.44. The monoisotopic (exact) mass is 395 g/mol. The van der Waals surface area contributed by atoms with Crippen molar-refractivity contribution in [3.63, 3.8) is 0 Å². The molecule has 0 bridgehead atoms. The summed E-state index contributed by atoms with van der Waals surface area (Å²) >= 11 is 0. The van der Waals surface area contributed by atoms with Crippen molar-refractivity contribution in [1.82, 2.24) is 4.90 Å². The van der Waals surface area contributed by atoms with Crippen LogP contribution >= 0.6 is 0 Å². The lowest BCUT2D eigenvalue weighted by atomic mass is 9.68. The maximum atomic E-state index is 12.3. The molecule has 0 saturated heterocycles. The number of carbonyl (C=O) groups excluding carboxylic acids is 1. The van der Waals surface area contributed by atoms with Crippen LogP contribution in [0, 0.1) is 5.41 Å². The Kier molecular flexibility index (Phi) is 5.43. The molecular weight excluding hydrogens is 362 g/mol. The van der Waals surface area contributed by atoms with Crippen molar-refractivity contribution in [2.45, 2.75) is 71.1 Å². The Morgan fingerprint density at radius 3 is 2.76 bits per heavy atom. The van der Waals surface area contributed by atoms with Gasteiger partial charge < -0.3 is 9.84 Å². The van der Waals surface area contributed by atoms with Gasteiger partial charge in [0.05, 0.1) is 19.3 Å². The van der Waals surface area contributed by atoms with Gasteiger partial charge >= 0.3 is 5.97 Å². The minimum absolute atomic E-state index is 0.0948. The molecule has 0 saturated carbocycles. The SMILES string of the molecule is COC(=O)C1=CC[C@@H](C2=C(C)CCCC2(C)C)N([C@H]2c3ccccc3C[C@H]2O)C1. The second-order valence-electron chi connectivity index (χ2n) is 9.49. The number of ether oxygens (including phenoxy) is 1. The highest BCUT2D eigenvalue weighted by molar-refractivity contribution is 5.89. The molecule has 0 fully saturated rings. The van der Waals surface area contributed by atoms with E-state index in [1.807, 2.05) is 6.07 Å². The van der Waals surface area contributed by atoms with Gasteiger partial charge in [-0.05, 0) is 54.7 Å². The molecule has 1 aliphatic heterocycles. The third-order valence-electron chi connectivity index (χ3n) is 7.19. The van der Waals surface area contributed by atoms with Crippen molar-refractivity contribution in [2.24, 2.45) is 5.41 Å². The zero-order valence-corrected chi connectivity index (χ0v) is 18.1. The summed E-state index contributed by atoms with van der Waals surface area (Å²) in [6.45, 7) is 7.48. The van der Waals surface area contributed by atoms with Crippen LogP contribution in [0.15, 0.2) is 47.1 Å². The maximum Gasteiger partial charge on any atom is 0.334 e. The summed E-state index contributed by atoms with van der Waals surface area (Å²) in [6, 6.07) is 8.44. The van der Waals surface area contributed by atoms with Crippen LogP contribution in [0.5, 0.6) is 0 Å². The van der Waals surface area contributed by atoms with Crippen LogP contribution < -0.4 is 0 Å². The highest BCUT2D eigenvalue weighted by atomic mass is 16.5. The molecule has 0 amide bonds. The molecule has 2 aliphatic carbocycles. The molecule has 1 aromatic carbocycles. The lowest BCUT2D eigenvalue weighted by Gasteiger charge is -2.47. The van der Waals surface area contributed by atoms with Gasteiger partial charge in [-0.25, -0.2) is 4.79 Å². The number of carbonyl (C=O) groups is 1. The van der Waals surface area contributed by atoms with E-state index in [4.69, 9.17) is 4.74 Å². The van der Waals surface area contributed by atoms with Crippen molar-refractivity contribution < 1.29 is 14.6 Å². The number of hydrogen-bond acceptors (Lipinski definition) is 4. The fraction of sp³-hybridized carbons (Fsp3) is 0.560. The van der Waals surface area contributed by atoms with Crippen molar-refractivity contribution >= 4 is 5.97 Å². The number of aliphatic hydroxyl groups excluding tert-OH is 1. The molecule has 156 valence electrons. The fourth-order valence-electron chi connectivity index (χ4n) is 5.95. The van der Waals surface area contributed by atoms with Gasteiger partial charge in [-0.2, -0.15) is 0 Å². The van der Waals surface area contributed by atoms with Gasteiger partial charge in [-0.15, -0.1) is 0 Å². The molecular formula is C25H33NO3. The van der Waals surface area contributed by atoms with Crippen LogP contribution in [-0.4, -0.2) is 41.8 Å². The van der Waals surface area contributed by atoms with Gasteiger partial charge in [0, 0.05) is 24.6 Å². The van der Waals surface area contributed by atoms with Gasteiger partial charge in [0.2, 0.25) is 0 Å². The number of aliphatic hydroxyl groups is 1.